The van der Waals surface area contributed by atoms with Crippen molar-refractivity contribution in [1.82, 2.24) is 5.32 Å². The molecular formula is C19H30N2O2. The van der Waals surface area contributed by atoms with Crippen LogP contribution in [-0.2, 0) is 16.0 Å². The topological polar surface area (TPSA) is 64.4 Å². The molecule has 3 unspecified atom stereocenters. The lowest BCUT2D eigenvalue weighted by Crippen LogP contribution is -2.45. The normalized spacial score (nSPS) is 19.7. The summed E-state index contributed by atoms with van der Waals surface area (Å²) in [6, 6.07) is 8.13. The minimum Gasteiger partial charge on any atom is -0.373 e. The molecular weight excluding hydrogens is 288 g/mol. The van der Waals surface area contributed by atoms with E-state index in [1.54, 1.807) is 0 Å². The molecule has 0 spiro atoms. The van der Waals surface area contributed by atoms with Crippen molar-refractivity contribution in [3.63, 3.8) is 0 Å². The SMILES string of the molecule is CCC(C)C(N)C(=O)NCCCOC1CCCc2ccccc21. The van der Waals surface area contributed by atoms with Crippen molar-refractivity contribution in [1.29, 1.82) is 0 Å². The highest BCUT2D eigenvalue weighted by Gasteiger charge is 2.20. The van der Waals surface area contributed by atoms with Crippen LogP contribution in [0.2, 0.25) is 0 Å². The lowest BCUT2D eigenvalue weighted by Gasteiger charge is -2.25. The van der Waals surface area contributed by atoms with Crippen molar-refractivity contribution in [2.24, 2.45) is 11.7 Å². The predicted molar refractivity (Wildman–Crippen MR) is 93.1 cm³/mol. The van der Waals surface area contributed by atoms with E-state index in [4.69, 9.17) is 10.5 Å². The van der Waals surface area contributed by atoms with Crippen LogP contribution in [0.4, 0.5) is 0 Å². The fourth-order valence-electron chi connectivity index (χ4n) is 3.02. The van der Waals surface area contributed by atoms with E-state index in [-0.39, 0.29) is 17.9 Å². The Kier molecular flexibility index (Phi) is 7.06. The second-order valence-corrected chi connectivity index (χ2v) is 6.51. The van der Waals surface area contributed by atoms with Gasteiger partial charge in [0.1, 0.15) is 0 Å². The Balaban J connectivity index is 1.68. The van der Waals surface area contributed by atoms with E-state index >= 15 is 0 Å². The summed E-state index contributed by atoms with van der Waals surface area (Å²) >= 11 is 0. The number of benzene rings is 1. The maximum absolute atomic E-state index is 11.9. The number of hydrogen-bond donors (Lipinski definition) is 2. The predicted octanol–water partition coefficient (Wildman–Crippen LogP) is 2.96. The number of ether oxygens (including phenoxy) is 1. The number of carbonyl (C=O) groups excluding carboxylic acids is 1. The van der Waals surface area contributed by atoms with Gasteiger partial charge in [0, 0.05) is 13.2 Å². The van der Waals surface area contributed by atoms with E-state index in [9.17, 15) is 4.79 Å². The summed E-state index contributed by atoms with van der Waals surface area (Å²) in [4.78, 5) is 11.9. The van der Waals surface area contributed by atoms with Gasteiger partial charge in [-0.3, -0.25) is 4.79 Å². The molecule has 23 heavy (non-hydrogen) atoms. The van der Waals surface area contributed by atoms with Crippen LogP contribution >= 0.6 is 0 Å². The molecule has 3 atom stereocenters. The highest BCUT2D eigenvalue weighted by atomic mass is 16.5. The van der Waals surface area contributed by atoms with Crippen LogP contribution in [-0.4, -0.2) is 25.1 Å². The first kappa shape index (κ1) is 18.0. The molecule has 1 aliphatic rings. The number of carbonyl (C=O) groups is 1. The third-order valence-electron chi connectivity index (χ3n) is 4.81. The van der Waals surface area contributed by atoms with Crippen LogP contribution in [0.25, 0.3) is 0 Å². The highest BCUT2D eigenvalue weighted by molar-refractivity contribution is 5.81. The van der Waals surface area contributed by atoms with Crippen LogP contribution in [0.1, 0.15) is 56.8 Å². The summed E-state index contributed by atoms with van der Waals surface area (Å²) < 4.78 is 6.04. The molecule has 0 heterocycles. The second-order valence-electron chi connectivity index (χ2n) is 6.51. The van der Waals surface area contributed by atoms with Crippen LogP contribution < -0.4 is 11.1 Å². The molecule has 1 amide bonds. The van der Waals surface area contributed by atoms with Crippen molar-refractivity contribution in [2.45, 2.75) is 58.1 Å². The maximum Gasteiger partial charge on any atom is 0.237 e. The van der Waals surface area contributed by atoms with Gasteiger partial charge >= 0.3 is 0 Å². The Morgan fingerprint density at radius 1 is 1.43 bits per heavy atom. The molecule has 0 radical (unpaired) electrons. The minimum absolute atomic E-state index is 0.0534. The molecule has 0 bridgehead atoms. The molecule has 3 N–H and O–H groups in total. The fourth-order valence-corrected chi connectivity index (χ4v) is 3.02. The smallest absolute Gasteiger partial charge is 0.237 e. The average molecular weight is 318 g/mol. The number of nitrogens with two attached hydrogens (primary N) is 1. The Bertz CT molecular complexity index is 504. The molecule has 0 saturated heterocycles. The standard InChI is InChI=1S/C19H30N2O2/c1-3-14(2)18(20)19(22)21-12-7-13-23-17-11-6-9-15-8-4-5-10-16(15)17/h4-5,8,10,14,17-18H,3,6-7,9,11-13,20H2,1-2H3,(H,21,22). The van der Waals surface area contributed by atoms with Crippen LogP contribution in [0.3, 0.4) is 0 Å². The molecule has 2 rings (SSSR count). The first-order valence-corrected chi connectivity index (χ1v) is 8.86. The van der Waals surface area contributed by atoms with Gasteiger partial charge in [-0.25, -0.2) is 0 Å². The van der Waals surface area contributed by atoms with Gasteiger partial charge in [-0.15, -0.1) is 0 Å². The number of hydrogen-bond acceptors (Lipinski definition) is 3. The van der Waals surface area contributed by atoms with E-state index in [0.717, 1.165) is 25.7 Å². The molecule has 0 saturated carbocycles. The van der Waals surface area contributed by atoms with Crippen molar-refractivity contribution >= 4 is 5.91 Å². The zero-order valence-corrected chi connectivity index (χ0v) is 14.4. The number of amides is 1. The molecule has 4 nitrogen and oxygen atoms in total. The molecule has 1 aliphatic carbocycles. The zero-order valence-electron chi connectivity index (χ0n) is 14.4. The lowest BCUT2D eigenvalue weighted by molar-refractivity contribution is -0.123. The van der Waals surface area contributed by atoms with Gasteiger partial charge in [-0.1, -0.05) is 44.5 Å². The van der Waals surface area contributed by atoms with Crippen LogP contribution in [0, 0.1) is 5.92 Å². The Morgan fingerprint density at radius 2 is 2.22 bits per heavy atom. The summed E-state index contributed by atoms with van der Waals surface area (Å²) in [5.41, 5.74) is 8.66. The van der Waals surface area contributed by atoms with Crippen molar-refractivity contribution in [2.75, 3.05) is 13.2 Å². The third-order valence-corrected chi connectivity index (χ3v) is 4.81. The minimum atomic E-state index is -0.411. The van der Waals surface area contributed by atoms with E-state index in [2.05, 4.69) is 29.6 Å². The lowest BCUT2D eigenvalue weighted by atomic mass is 9.89. The van der Waals surface area contributed by atoms with E-state index in [1.807, 2.05) is 13.8 Å². The van der Waals surface area contributed by atoms with Crippen molar-refractivity contribution in [3.05, 3.63) is 35.4 Å². The van der Waals surface area contributed by atoms with Crippen molar-refractivity contribution in [3.8, 4) is 0 Å². The van der Waals surface area contributed by atoms with Gasteiger partial charge < -0.3 is 15.8 Å². The molecule has 0 fully saturated rings. The van der Waals surface area contributed by atoms with Gasteiger partial charge in [0.25, 0.3) is 0 Å². The van der Waals surface area contributed by atoms with Gasteiger partial charge in [0.2, 0.25) is 5.91 Å². The fraction of sp³-hybridized carbons (Fsp3) is 0.632. The third kappa shape index (κ3) is 5.05. The molecule has 0 aliphatic heterocycles. The van der Waals surface area contributed by atoms with E-state index in [0.29, 0.717) is 13.2 Å². The Morgan fingerprint density at radius 3 is 3.00 bits per heavy atom. The van der Waals surface area contributed by atoms with E-state index < -0.39 is 6.04 Å². The average Bonchev–Trinajstić information content (AvgIpc) is 2.60. The molecule has 4 heteroatoms. The monoisotopic (exact) mass is 318 g/mol. The number of aryl methyl sites for hydroxylation is 1. The zero-order chi connectivity index (χ0) is 16.7. The molecule has 0 aromatic heterocycles. The largest absolute Gasteiger partial charge is 0.373 e. The molecule has 128 valence electrons. The van der Waals surface area contributed by atoms with Crippen LogP contribution in [0.5, 0.6) is 0 Å². The molecule has 1 aromatic carbocycles. The van der Waals surface area contributed by atoms with Crippen LogP contribution in [0.15, 0.2) is 24.3 Å². The second kappa shape index (κ2) is 9.04. The summed E-state index contributed by atoms with van der Waals surface area (Å²) in [5.74, 6) is 0.160. The summed E-state index contributed by atoms with van der Waals surface area (Å²) in [6.07, 6.45) is 5.36. The first-order chi connectivity index (χ1) is 11.1. The van der Waals surface area contributed by atoms with Gasteiger partial charge in [-0.05, 0) is 42.7 Å². The Hall–Kier alpha value is -1.39. The summed E-state index contributed by atoms with van der Waals surface area (Å²) in [6.45, 7) is 5.34. The highest BCUT2D eigenvalue weighted by Crippen LogP contribution is 2.32. The summed E-state index contributed by atoms with van der Waals surface area (Å²) in [5, 5.41) is 2.91. The summed E-state index contributed by atoms with van der Waals surface area (Å²) in [7, 11) is 0. The van der Waals surface area contributed by atoms with E-state index in [1.165, 1.54) is 17.5 Å². The number of nitrogens with one attached hydrogen (secondary N) is 1. The number of rotatable bonds is 8. The van der Waals surface area contributed by atoms with Crippen molar-refractivity contribution < 1.29 is 9.53 Å². The maximum atomic E-state index is 11.9. The molecule has 1 aromatic rings. The Labute approximate surface area is 139 Å². The van der Waals surface area contributed by atoms with Gasteiger partial charge in [-0.2, -0.15) is 0 Å². The number of fused-ring (bicyclic) bond motifs is 1. The van der Waals surface area contributed by atoms with Gasteiger partial charge in [0.05, 0.1) is 12.1 Å². The first-order valence-electron chi connectivity index (χ1n) is 8.86. The van der Waals surface area contributed by atoms with Gasteiger partial charge in [0.15, 0.2) is 0 Å². The quantitative estimate of drug-likeness (QED) is 0.724.